The highest BCUT2D eigenvalue weighted by molar-refractivity contribution is 6.68. The number of nitrogens with zero attached hydrogens (tertiary/aromatic N) is 1. The van der Waals surface area contributed by atoms with E-state index in [9.17, 15) is 18.0 Å². The molecular weight excluding hydrogens is 354 g/mol. The molecule has 2 aromatic rings. The lowest BCUT2D eigenvalue weighted by molar-refractivity contribution is -0.137. The molecular formula is C15H6Cl2F3NO2. The maximum Gasteiger partial charge on any atom is 0.416 e. The van der Waals surface area contributed by atoms with Gasteiger partial charge in [0.15, 0.2) is 0 Å². The van der Waals surface area contributed by atoms with Gasteiger partial charge in [-0.25, -0.2) is 0 Å². The smallest absolute Gasteiger partial charge is 0.416 e. The van der Waals surface area contributed by atoms with Crippen molar-refractivity contribution in [1.29, 1.82) is 5.26 Å². The minimum absolute atomic E-state index is 0.0302. The summed E-state index contributed by atoms with van der Waals surface area (Å²) in [6.07, 6.45) is -4.52. The van der Waals surface area contributed by atoms with Crippen molar-refractivity contribution in [2.24, 2.45) is 0 Å². The van der Waals surface area contributed by atoms with Crippen LogP contribution in [0.3, 0.4) is 0 Å². The molecule has 23 heavy (non-hydrogen) atoms. The lowest BCUT2D eigenvalue weighted by atomic mass is 10.1. The third-order valence-corrected chi connectivity index (χ3v) is 3.31. The first-order chi connectivity index (χ1) is 10.7. The highest BCUT2D eigenvalue weighted by atomic mass is 35.5. The Kier molecular flexibility index (Phi) is 4.83. The van der Waals surface area contributed by atoms with Gasteiger partial charge in [-0.2, -0.15) is 18.4 Å². The Bertz CT molecular complexity index is 813. The Balaban J connectivity index is 2.35. The molecule has 0 radical (unpaired) electrons. The third kappa shape index (κ3) is 3.95. The summed E-state index contributed by atoms with van der Waals surface area (Å²) in [5.74, 6) is 0.0759. The second-order valence-corrected chi connectivity index (χ2v) is 5.09. The Hall–Kier alpha value is -2.23. The van der Waals surface area contributed by atoms with Crippen molar-refractivity contribution in [1.82, 2.24) is 0 Å². The van der Waals surface area contributed by atoms with E-state index < -0.39 is 17.0 Å². The molecule has 0 aliphatic carbocycles. The minimum atomic E-state index is -4.52. The molecule has 0 amide bonds. The molecule has 0 fully saturated rings. The van der Waals surface area contributed by atoms with Crippen molar-refractivity contribution < 1.29 is 22.7 Å². The molecule has 0 aliphatic rings. The maximum atomic E-state index is 12.6. The fraction of sp³-hybridized carbons (Fsp3) is 0.0667. The van der Waals surface area contributed by atoms with Gasteiger partial charge in [-0.15, -0.1) is 0 Å². The standard InChI is InChI=1S/C15H6Cl2F3NO2/c16-12-5-9(15(18,19)20)2-4-13(12)23-10-3-1-8(7-21)11(6-10)14(17)22/h1-6H. The fourth-order valence-corrected chi connectivity index (χ4v) is 2.11. The van der Waals surface area contributed by atoms with Crippen LogP contribution in [0, 0.1) is 11.3 Å². The summed E-state index contributed by atoms with van der Waals surface area (Å²) in [6, 6.07) is 8.29. The summed E-state index contributed by atoms with van der Waals surface area (Å²) in [5, 5.41) is 7.77. The van der Waals surface area contributed by atoms with Gasteiger partial charge in [-0.3, -0.25) is 4.79 Å². The molecule has 2 aromatic carbocycles. The monoisotopic (exact) mass is 359 g/mol. The Morgan fingerprint density at radius 3 is 2.39 bits per heavy atom. The van der Waals surface area contributed by atoms with E-state index in [1.54, 1.807) is 6.07 Å². The van der Waals surface area contributed by atoms with E-state index in [0.29, 0.717) is 0 Å². The number of carbonyl (C=O) groups excluding carboxylic acids is 1. The molecule has 0 saturated heterocycles. The van der Waals surface area contributed by atoms with E-state index in [2.05, 4.69) is 0 Å². The SMILES string of the molecule is N#Cc1ccc(Oc2ccc(C(F)(F)F)cc2Cl)cc1C(=O)Cl. The van der Waals surface area contributed by atoms with Gasteiger partial charge in [-0.1, -0.05) is 11.6 Å². The van der Waals surface area contributed by atoms with E-state index in [1.807, 2.05) is 0 Å². The van der Waals surface area contributed by atoms with Crippen molar-refractivity contribution in [3.63, 3.8) is 0 Å². The first-order valence-corrected chi connectivity index (χ1v) is 6.76. The summed E-state index contributed by atoms with van der Waals surface area (Å²) < 4.78 is 43.1. The molecule has 0 N–H and O–H groups in total. The molecule has 0 heterocycles. The van der Waals surface area contributed by atoms with Crippen molar-refractivity contribution >= 4 is 28.4 Å². The van der Waals surface area contributed by atoms with Crippen molar-refractivity contribution in [2.45, 2.75) is 6.18 Å². The Labute approximate surface area is 138 Å². The number of rotatable bonds is 3. The van der Waals surface area contributed by atoms with Gasteiger partial charge >= 0.3 is 6.18 Å². The van der Waals surface area contributed by atoms with E-state index in [4.69, 9.17) is 33.2 Å². The van der Waals surface area contributed by atoms with Crippen LogP contribution in [-0.2, 0) is 6.18 Å². The quantitative estimate of drug-likeness (QED) is 0.689. The average molecular weight is 360 g/mol. The van der Waals surface area contributed by atoms with Crippen LogP contribution in [0.2, 0.25) is 5.02 Å². The molecule has 0 aromatic heterocycles. The second-order valence-electron chi connectivity index (χ2n) is 4.34. The molecule has 8 heteroatoms. The Morgan fingerprint density at radius 2 is 1.87 bits per heavy atom. The summed E-state index contributed by atoms with van der Waals surface area (Å²) >= 11 is 11.1. The van der Waals surface area contributed by atoms with Gasteiger partial charge in [0, 0.05) is 0 Å². The summed E-state index contributed by atoms with van der Waals surface area (Å²) in [5.41, 5.74) is -0.933. The summed E-state index contributed by atoms with van der Waals surface area (Å²) in [7, 11) is 0. The lowest BCUT2D eigenvalue weighted by Crippen LogP contribution is -2.04. The number of nitriles is 1. The van der Waals surface area contributed by atoms with Crippen LogP contribution < -0.4 is 4.74 Å². The van der Waals surface area contributed by atoms with Crippen molar-refractivity contribution in [3.8, 4) is 17.6 Å². The fourth-order valence-electron chi connectivity index (χ4n) is 1.73. The molecule has 0 saturated carbocycles. The lowest BCUT2D eigenvalue weighted by Gasteiger charge is -2.11. The number of hydrogen-bond acceptors (Lipinski definition) is 3. The van der Waals surface area contributed by atoms with Gasteiger partial charge in [-0.05, 0) is 48.0 Å². The van der Waals surface area contributed by atoms with Gasteiger partial charge in [0.25, 0.3) is 5.24 Å². The zero-order valence-electron chi connectivity index (χ0n) is 11.1. The highest BCUT2D eigenvalue weighted by Gasteiger charge is 2.31. The largest absolute Gasteiger partial charge is 0.456 e. The van der Waals surface area contributed by atoms with Gasteiger partial charge in [0.2, 0.25) is 0 Å². The van der Waals surface area contributed by atoms with Crippen LogP contribution >= 0.6 is 23.2 Å². The first kappa shape index (κ1) is 17.1. The number of benzene rings is 2. The van der Waals surface area contributed by atoms with E-state index in [-0.39, 0.29) is 27.6 Å². The number of hydrogen-bond donors (Lipinski definition) is 0. The van der Waals surface area contributed by atoms with Crippen LogP contribution in [0.5, 0.6) is 11.5 Å². The number of carbonyl (C=O) groups is 1. The Morgan fingerprint density at radius 1 is 1.17 bits per heavy atom. The first-order valence-electron chi connectivity index (χ1n) is 6.01. The average Bonchev–Trinajstić information content (AvgIpc) is 2.48. The molecule has 3 nitrogen and oxygen atoms in total. The summed E-state index contributed by atoms with van der Waals surface area (Å²) in [4.78, 5) is 11.3. The molecule has 0 spiro atoms. The third-order valence-electron chi connectivity index (χ3n) is 2.81. The van der Waals surface area contributed by atoms with Crippen LogP contribution in [0.1, 0.15) is 21.5 Å². The number of halogens is 5. The zero-order valence-corrected chi connectivity index (χ0v) is 12.6. The molecule has 0 atom stereocenters. The topological polar surface area (TPSA) is 50.1 Å². The van der Waals surface area contributed by atoms with Gasteiger partial charge < -0.3 is 4.74 Å². The molecule has 2 rings (SSSR count). The van der Waals surface area contributed by atoms with Crippen molar-refractivity contribution in [2.75, 3.05) is 0 Å². The molecule has 0 aliphatic heterocycles. The molecule has 0 bridgehead atoms. The van der Waals surface area contributed by atoms with E-state index in [0.717, 1.165) is 18.2 Å². The predicted molar refractivity (Wildman–Crippen MR) is 77.9 cm³/mol. The zero-order chi connectivity index (χ0) is 17.2. The number of alkyl halides is 3. The van der Waals surface area contributed by atoms with Gasteiger partial charge in [0.1, 0.15) is 11.5 Å². The van der Waals surface area contributed by atoms with Gasteiger partial charge in [0.05, 0.1) is 27.8 Å². The van der Waals surface area contributed by atoms with Crippen molar-refractivity contribution in [3.05, 3.63) is 58.1 Å². The minimum Gasteiger partial charge on any atom is -0.456 e. The second kappa shape index (κ2) is 6.49. The van der Waals surface area contributed by atoms with Crippen LogP contribution in [0.25, 0.3) is 0 Å². The highest BCUT2D eigenvalue weighted by Crippen LogP contribution is 2.36. The molecule has 118 valence electrons. The van der Waals surface area contributed by atoms with Crippen LogP contribution in [0.4, 0.5) is 13.2 Å². The predicted octanol–water partition coefficient (Wildman–Crippen LogP) is 5.40. The van der Waals surface area contributed by atoms with E-state index in [1.165, 1.54) is 18.2 Å². The molecule has 0 unspecified atom stereocenters. The normalized spacial score (nSPS) is 11.0. The van der Waals surface area contributed by atoms with E-state index >= 15 is 0 Å². The maximum absolute atomic E-state index is 12.6. The number of ether oxygens (including phenoxy) is 1. The summed E-state index contributed by atoms with van der Waals surface area (Å²) in [6.45, 7) is 0. The van der Waals surface area contributed by atoms with Crippen LogP contribution in [0.15, 0.2) is 36.4 Å². The van der Waals surface area contributed by atoms with Crippen LogP contribution in [-0.4, -0.2) is 5.24 Å².